The van der Waals surface area contributed by atoms with Crippen molar-refractivity contribution in [1.29, 1.82) is 0 Å². The minimum absolute atomic E-state index is 0.116. The number of nitrogens with zero attached hydrogens (tertiary/aromatic N) is 1. The van der Waals surface area contributed by atoms with E-state index in [-0.39, 0.29) is 12.6 Å². The van der Waals surface area contributed by atoms with E-state index in [9.17, 15) is 5.11 Å². The first kappa shape index (κ1) is 12.9. The lowest BCUT2D eigenvalue weighted by atomic mass is 10.0. The van der Waals surface area contributed by atoms with Crippen LogP contribution in [0.4, 0.5) is 0 Å². The third-order valence-electron chi connectivity index (χ3n) is 2.50. The third kappa shape index (κ3) is 4.07. The molecule has 0 aromatic rings. The second-order valence-corrected chi connectivity index (χ2v) is 3.33. The fourth-order valence-corrected chi connectivity index (χ4v) is 1.73. The zero-order valence-corrected chi connectivity index (χ0v) is 9.03. The van der Waals surface area contributed by atoms with Crippen LogP contribution in [0, 0.1) is 0 Å². The highest BCUT2D eigenvalue weighted by atomic mass is 16.3. The molecule has 0 aromatic heterocycles. The van der Waals surface area contributed by atoms with Gasteiger partial charge in [-0.15, -0.1) is 0 Å². The van der Waals surface area contributed by atoms with E-state index in [4.69, 9.17) is 5.11 Å². The lowest BCUT2D eigenvalue weighted by Gasteiger charge is -2.32. The molecule has 0 spiro atoms. The summed E-state index contributed by atoms with van der Waals surface area (Å²) in [4.78, 5) is 2.20. The molecule has 2 N–H and O–H groups in total. The van der Waals surface area contributed by atoms with Gasteiger partial charge in [-0.25, -0.2) is 0 Å². The molecule has 0 heterocycles. The second kappa shape index (κ2) is 7.30. The Morgan fingerprint density at radius 3 is 2.00 bits per heavy atom. The predicted octanol–water partition coefficient (Wildman–Crippen LogP) is 0.850. The van der Waals surface area contributed by atoms with Crippen molar-refractivity contribution >= 4 is 0 Å². The topological polar surface area (TPSA) is 43.7 Å². The molecule has 0 radical (unpaired) electrons. The molecule has 0 saturated carbocycles. The maximum Gasteiger partial charge on any atom is 0.0925 e. The zero-order valence-electron chi connectivity index (χ0n) is 9.03. The van der Waals surface area contributed by atoms with Crippen molar-refractivity contribution in [3.63, 3.8) is 0 Å². The van der Waals surface area contributed by atoms with Gasteiger partial charge in [0.05, 0.1) is 12.7 Å². The largest absolute Gasteiger partial charge is 0.394 e. The maximum atomic E-state index is 9.59. The Balaban J connectivity index is 4.19. The van der Waals surface area contributed by atoms with Gasteiger partial charge < -0.3 is 10.2 Å². The van der Waals surface area contributed by atoms with E-state index in [1.807, 2.05) is 0 Å². The van der Waals surface area contributed by atoms with Gasteiger partial charge in [-0.1, -0.05) is 27.2 Å². The molecule has 0 aliphatic heterocycles. The van der Waals surface area contributed by atoms with Crippen LogP contribution in [0.5, 0.6) is 0 Å². The second-order valence-electron chi connectivity index (χ2n) is 3.33. The molecule has 2 atom stereocenters. The van der Waals surface area contributed by atoms with Crippen molar-refractivity contribution in [2.24, 2.45) is 0 Å². The lowest BCUT2D eigenvalue weighted by Crippen LogP contribution is -2.45. The fourth-order valence-electron chi connectivity index (χ4n) is 1.73. The van der Waals surface area contributed by atoms with E-state index in [1.165, 1.54) is 0 Å². The summed E-state index contributed by atoms with van der Waals surface area (Å²) in [6.45, 7) is 7.98. The molecule has 13 heavy (non-hydrogen) atoms. The molecule has 0 aliphatic carbocycles. The van der Waals surface area contributed by atoms with Crippen LogP contribution in [-0.2, 0) is 0 Å². The molecule has 0 amide bonds. The number of hydrogen-bond acceptors (Lipinski definition) is 3. The molecule has 3 heteroatoms. The van der Waals surface area contributed by atoms with Crippen LogP contribution in [0.1, 0.15) is 33.6 Å². The SMILES string of the molecule is CCC[C@H]([C@@H](O)CO)N(CC)CC. The maximum absolute atomic E-state index is 9.59. The van der Waals surface area contributed by atoms with Crippen LogP contribution in [0.2, 0.25) is 0 Å². The van der Waals surface area contributed by atoms with Crippen LogP contribution in [-0.4, -0.2) is 47.0 Å². The van der Waals surface area contributed by atoms with Crippen molar-refractivity contribution in [1.82, 2.24) is 4.90 Å². The summed E-state index contributed by atoms with van der Waals surface area (Å²) in [6.07, 6.45) is 1.39. The monoisotopic (exact) mass is 189 g/mol. The lowest BCUT2D eigenvalue weighted by molar-refractivity contribution is 0.0105. The van der Waals surface area contributed by atoms with E-state index in [1.54, 1.807) is 0 Å². The zero-order chi connectivity index (χ0) is 10.3. The number of likely N-dealkylation sites (N-methyl/N-ethyl adjacent to an activating group) is 1. The number of aliphatic hydroxyl groups is 2. The first-order valence-electron chi connectivity index (χ1n) is 5.24. The minimum Gasteiger partial charge on any atom is -0.394 e. The van der Waals surface area contributed by atoms with Gasteiger partial charge in [0.25, 0.3) is 0 Å². The molecular weight excluding hydrogens is 166 g/mol. The van der Waals surface area contributed by atoms with Gasteiger partial charge in [0, 0.05) is 6.04 Å². The van der Waals surface area contributed by atoms with Crippen LogP contribution in [0.3, 0.4) is 0 Å². The average Bonchev–Trinajstić information content (AvgIpc) is 2.17. The van der Waals surface area contributed by atoms with Crippen LogP contribution in [0.25, 0.3) is 0 Å². The van der Waals surface area contributed by atoms with E-state index in [0.29, 0.717) is 0 Å². The molecule has 0 aromatic carbocycles. The standard InChI is InChI=1S/C10H23NO2/c1-4-7-9(10(13)8-12)11(5-2)6-3/h9-10,12-13H,4-8H2,1-3H3/t9-,10+/m1/s1. The summed E-state index contributed by atoms with van der Waals surface area (Å²) < 4.78 is 0. The molecule has 0 bridgehead atoms. The molecule has 80 valence electrons. The number of hydrogen-bond donors (Lipinski definition) is 2. The smallest absolute Gasteiger partial charge is 0.0925 e. The molecule has 0 aliphatic rings. The summed E-state index contributed by atoms with van der Waals surface area (Å²) in [5, 5.41) is 18.5. The summed E-state index contributed by atoms with van der Waals surface area (Å²) in [5.41, 5.74) is 0. The van der Waals surface area contributed by atoms with E-state index >= 15 is 0 Å². The van der Waals surface area contributed by atoms with Gasteiger partial charge in [-0.2, -0.15) is 0 Å². The Kier molecular flexibility index (Phi) is 7.23. The van der Waals surface area contributed by atoms with E-state index in [2.05, 4.69) is 25.7 Å². The highest BCUT2D eigenvalue weighted by molar-refractivity contribution is 4.76. The van der Waals surface area contributed by atoms with Crippen molar-refractivity contribution in [3.05, 3.63) is 0 Å². The van der Waals surface area contributed by atoms with Crippen molar-refractivity contribution < 1.29 is 10.2 Å². The highest BCUT2D eigenvalue weighted by Gasteiger charge is 2.22. The summed E-state index contributed by atoms with van der Waals surface area (Å²) in [6, 6.07) is 0.116. The minimum atomic E-state index is -0.597. The first-order chi connectivity index (χ1) is 6.21. The van der Waals surface area contributed by atoms with Gasteiger partial charge in [-0.05, 0) is 19.5 Å². The van der Waals surface area contributed by atoms with Crippen LogP contribution in [0.15, 0.2) is 0 Å². The van der Waals surface area contributed by atoms with Crippen molar-refractivity contribution in [2.45, 2.75) is 45.8 Å². The Hall–Kier alpha value is -0.120. The number of rotatable bonds is 7. The van der Waals surface area contributed by atoms with Crippen LogP contribution >= 0.6 is 0 Å². The molecular formula is C10H23NO2. The van der Waals surface area contributed by atoms with Crippen molar-refractivity contribution in [2.75, 3.05) is 19.7 Å². The molecule has 0 rings (SSSR count). The summed E-state index contributed by atoms with van der Waals surface area (Å²) >= 11 is 0. The predicted molar refractivity (Wildman–Crippen MR) is 54.7 cm³/mol. The van der Waals surface area contributed by atoms with Crippen molar-refractivity contribution in [3.8, 4) is 0 Å². The molecule has 3 nitrogen and oxygen atoms in total. The number of aliphatic hydroxyl groups excluding tert-OH is 2. The van der Waals surface area contributed by atoms with Gasteiger partial charge >= 0.3 is 0 Å². The molecule has 0 fully saturated rings. The first-order valence-corrected chi connectivity index (χ1v) is 5.24. The fraction of sp³-hybridized carbons (Fsp3) is 1.00. The summed E-state index contributed by atoms with van der Waals surface area (Å²) in [5.74, 6) is 0. The van der Waals surface area contributed by atoms with Gasteiger partial charge in [0.2, 0.25) is 0 Å². The quantitative estimate of drug-likeness (QED) is 0.624. The normalized spacial score (nSPS) is 16.2. The average molecular weight is 189 g/mol. The Bertz CT molecular complexity index is 115. The van der Waals surface area contributed by atoms with Gasteiger partial charge in [-0.3, -0.25) is 4.90 Å². The highest BCUT2D eigenvalue weighted by Crippen LogP contribution is 2.10. The van der Waals surface area contributed by atoms with Crippen LogP contribution < -0.4 is 0 Å². The van der Waals surface area contributed by atoms with E-state index < -0.39 is 6.10 Å². The van der Waals surface area contributed by atoms with Gasteiger partial charge in [0.1, 0.15) is 0 Å². The Morgan fingerprint density at radius 2 is 1.69 bits per heavy atom. The molecule has 0 unspecified atom stereocenters. The van der Waals surface area contributed by atoms with Gasteiger partial charge in [0.15, 0.2) is 0 Å². The Morgan fingerprint density at radius 1 is 1.15 bits per heavy atom. The molecule has 0 saturated heterocycles. The summed E-state index contributed by atoms with van der Waals surface area (Å²) in [7, 11) is 0. The third-order valence-corrected chi connectivity index (χ3v) is 2.50. The van der Waals surface area contributed by atoms with E-state index in [0.717, 1.165) is 25.9 Å². The Labute approximate surface area is 81.4 Å².